The predicted octanol–water partition coefficient (Wildman–Crippen LogP) is 5.82. The number of ether oxygens (including phenoxy) is 3. The Morgan fingerprint density at radius 2 is 1.53 bits per heavy atom. The highest BCUT2D eigenvalue weighted by Gasteiger charge is 2.51. The van der Waals surface area contributed by atoms with Crippen molar-refractivity contribution >= 4 is 23.2 Å². The standard InChI is InChI=1S/C26H26ClNO4/c1-15-6-7-16(2)20(12-15)28-24(18-8-10-22(30-4)23(14-18)31-5)25(26(28)29)32-21-11-9-19(27)13-17(21)3/h6-14,24-25H,1-5H3. The fraction of sp³-hybridized carbons (Fsp3) is 0.269. The molecule has 166 valence electrons. The van der Waals surface area contributed by atoms with Gasteiger partial charge in [0.05, 0.1) is 14.2 Å². The first-order chi connectivity index (χ1) is 15.3. The number of benzene rings is 3. The van der Waals surface area contributed by atoms with Gasteiger partial charge in [-0.3, -0.25) is 9.69 Å². The molecule has 1 heterocycles. The summed E-state index contributed by atoms with van der Waals surface area (Å²) >= 11 is 6.10. The lowest BCUT2D eigenvalue weighted by Gasteiger charge is -2.47. The summed E-state index contributed by atoms with van der Waals surface area (Å²) < 4.78 is 17.1. The molecular weight excluding hydrogens is 426 g/mol. The lowest BCUT2D eigenvalue weighted by molar-refractivity contribution is -0.135. The number of halogens is 1. The van der Waals surface area contributed by atoms with Gasteiger partial charge in [0.2, 0.25) is 6.10 Å². The summed E-state index contributed by atoms with van der Waals surface area (Å²) in [5, 5.41) is 0.628. The van der Waals surface area contributed by atoms with Crippen molar-refractivity contribution in [2.24, 2.45) is 0 Å². The number of hydrogen-bond donors (Lipinski definition) is 0. The van der Waals surface area contributed by atoms with E-state index in [1.165, 1.54) is 0 Å². The van der Waals surface area contributed by atoms with Gasteiger partial charge in [0.15, 0.2) is 11.5 Å². The van der Waals surface area contributed by atoms with Gasteiger partial charge in [0, 0.05) is 10.7 Å². The van der Waals surface area contributed by atoms with Gasteiger partial charge in [0.25, 0.3) is 5.91 Å². The Hall–Kier alpha value is -3.18. The van der Waals surface area contributed by atoms with Crippen molar-refractivity contribution in [2.75, 3.05) is 19.1 Å². The summed E-state index contributed by atoms with van der Waals surface area (Å²) in [6, 6.07) is 16.9. The van der Waals surface area contributed by atoms with E-state index in [0.717, 1.165) is 27.9 Å². The molecular formula is C26H26ClNO4. The van der Waals surface area contributed by atoms with Crippen LogP contribution in [0.1, 0.15) is 28.3 Å². The number of nitrogens with zero attached hydrogens (tertiary/aromatic N) is 1. The summed E-state index contributed by atoms with van der Waals surface area (Å²) in [6.07, 6.45) is -0.673. The van der Waals surface area contributed by atoms with E-state index in [4.69, 9.17) is 25.8 Å². The molecule has 32 heavy (non-hydrogen) atoms. The average molecular weight is 452 g/mol. The third kappa shape index (κ3) is 3.89. The zero-order valence-corrected chi connectivity index (χ0v) is 19.6. The van der Waals surface area contributed by atoms with Crippen LogP contribution >= 0.6 is 11.6 Å². The van der Waals surface area contributed by atoms with Gasteiger partial charge in [-0.15, -0.1) is 0 Å². The molecule has 1 saturated heterocycles. The van der Waals surface area contributed by atoms with E-state index in [2.05, 4.69) is 0 Å². The van der Waals surface area contributed by atoms with Crippen LogP contribution in [0.25, 0.3) is 0 Å². The third-order valence-electron chi connectivity index (χ3n) is 5.81. The fourth-order valence-corrected chi connectivity index (χ4v) is 4.29. The molecule has 4 rings (SSSR count). The van der Waals surface area contributed by atoms with Crippen LogP contribution < -0.4 is 19.1 Å². The lowest BCUT2D eigenvalue weighted by atomic mass is 9.88. The maximum atomic E-state index is 13.4. The predicted molar refractivity (Wildman–Crippen MR) is 126 cm³/mol. The zero-order valence-electron chi connectivity index (χ0n) is 18.8. The van der Waals surface area contributed by atoms with Gasteiger partial charge in [0.1, 0.15) is 11.8 Å². The Morgan fingerprint density at radius 1 is 0.812 bits per heavy atom. The normalized spacial score (nSPS) is 17.7. The second kappa shape index (κ2) is 8.75. The zero-order chi connectivity index (χ0) is 23.0. The van der Waals surface area contributed by atoms with Gasteiger partial charge in [-0.2, -0.15) is 0 Å². The Bertz CT molecular complexity index is 1180. The van der Waals surface area contributed by atoms with Gasteiger partial charge < -0.3 is 14.2 Å². The number of methoxy groups -OCH3 is 2. The molecule has 1 aliphatic rings. The van der Waals surface area contributed by atoms with Crippen molar-refractivity contribution in [3.8, 4) is 17.2 Å². The van der Waals surface area contributed by atoms with Crippen LogP contribution in [0.5, 0.6) is 17.2 Å². The molecule has 0 radical (unpaired) electrons. The first kappa shape index (κ1) is 22.0. The monoisotopic (exact) mass is 451 g/mol. The summed E-state index contributed by atoms with van der Waals surface area (Å²) in [4.78, 5) is 15.2. The van der Waals surface area contributed by atoms with Crippen molar-refractivity contribution in [3.05, 3.63) is 81.9 Å². The summed E-state index contributed by atoms with van der Waals surface area (Å²) in [5.41, 5.74) is 4.77. The minimum absolute atomic E-state index is 0.0900. The van der Waals surface area contributed by atoms with Crippen molar-refractivity contribution in [3.63, 3.8) is 0 Å². The fourth-order valence-electron chi connectivity index (χ4n) is 4.07. The Labute approximate surface area is 193 Å². The van der Waals surface area contributed by atoms with E-state index < -0.39 is 6.10 Å². The molecule has 1 aliphatic heterocycles. The van der Waals surface area contributed by atoms with E-state index in [9.17, 15) is 4.79 Å². The molecule has 0 saturated carbocycles. The van der Waals surface area contributed by atoms with Crippen molar-refractivity contribution < 1.29 is 19.0 Å². The highest BCUT2D eigenvalue weighted by molar-refractivity contribution is 6.30. The van der Waals surface area contributed by atoms with Gasteiger partial charge in [-0.25, -0.2) is 0 Å². The lowest BCUT2D eigenvalue weighted by Crippen LogP contribution is -2.62. The first-order valence-electron chi connectivity index (χ1n) is 10.4. The number of rotatable bonds is 6. The van der Waals surface area contributed by atoms with Gasteiger partial charge >= 0.3 is 0 Å². The second-order valence-electron chi connectivity index (χ2n) is 8.01. The Balaban J connectivity index is 1.78. The van der Waals surface area contributed by atoms with E-state index in [0.29, 0.717) is 22.3 Å². The van der Waals surface area contributed by atoms with Gasteiger partial charge in [-0.05, 0) is 79.4 Å². The molecule has 6 heteroatoms. The van der Waals surface area contributed by atoms with Crippen LogP contribution in [0.4, 0.5) is 5.69 Å². The molecule has 0 aromatic heterocycles. The molecule has 1 fully saturated rings. The molecule has 0 aliphatic carbocycles. The van der Waals surface area contributed by atoms with Crippen LogP contribution in [-0.4, -0.2) is 26.2 Å². The number of hydrogen-bond acceptors (Lipinski definition) is 4. The molecule has 5 nitrogen and oxygen atoms in total. The first-order valence-corrected chi connectivity index (χ1v) is 10.8. The molecule has 2 unspecified atom stereocenters. The summed E-state index contributed by atoms with van der Waals surface area (Å²) in [6.45, 7) is 5.94. The summed E-state index contributed by atoms with van der Waals surface area (Å²) in [7, 11) is 3.20. The smallest absolute Gasteiger partial charge is 0.271 e. The van der Waals surface area contributed by atoms with Crippen molar-refractivity contribution in [1.82, 2.24) is 0 Å². The number of amides is 1. The van der Waals surface area contributed by atoms with Crippen LogP contribution in [0.3, 0.4) is 0 Å². The molecule has 3 aromatic carbocycles. The molecule has 0 N–H and O–H groups in total. The minimum atomic E-state index is -0.673. The van der Waals surface area contributed by atoms with E-state index >= 15 is 0 Å². The number of anilines is 1. The largest absolute Gasteiger partial charge is 0.493 e. The minimum Gasteiger partial charge on any atom is -0.493 e. The second-order valence-corrected chi connectivity index (χ2v) is 8.44. The van der Waals surface area contributed by atoms with Crippen molar-refractivity contribution in [1.29, 1.82) is 0 Å². The highest BCUT2D eigenvalue weighted by Crippen LogP contribution is 2.45. The molecule has 0 bridgehead atoms. The highest BCUT2D eigenvalue weighted by atomic mass is 35.5. The van der Waals surface area contributed by atoms with Crippen LogP contribution in [0.15, 0.2) is 54.6 Å². The molecule has 1 amide bonds. The Kier molecular flexibility index (Phi) is 6.02. The van der Waals surface area contributed by atoms with E-state index in [1.54, 1.807) is 31.3 Å². The molecule has 3 aromatic rings. The Morgan fingerprint density at radius 3 is 2.22 bits per heavy atom. The quantitative estimate of drug-likeness (QED) is 0.443. The van der Waals surface area contributed by atoms with E-state index in [-0.39, 0.29) is 11.9 Å². The maximum absolute atomic E-state index is 13.4. The number of carbonyl (C=O) groups is 1. The van der Waals surface area contributed by atoms with Crippen LogP contribution in [0, 0.1) is 20.8 Å². The molecule has 0 spiro atoms. The molecule has 2 atom stereocenters. The maximum Gasteiger partial charge on any atom is 0.271 e. The number of β-lactam (4-membered cyclic amide) rings is 1. The topological polar surface area (TPSA) is 48.0 Å². The van der Waals surface area contributed by atoms with Gasteiger partial charge in [-0.1, -0.05) is 29.8 Å². The number of aryl methyl sites for hydroxylation is 3. The third-order valence-corrected chi connectivity index (χ3v) is 6.05. The van der Waals surface area contributed by atoms with Crippen molar-refractivity contribution in [2.45, 2.75) is 32.9 Å². The average Bonchev–Trinajstić information content (AvgIpc) is 2.78. The number of carbonyl (C=O) groups excluding carboxylic acids is 1. The SMILES string of the molecule is COc1ccc(C2C(Oc3ccc(Cl)cc3C)C(=O)N2c2cc(C)ccc2C)cc1OC. The summed E-state index contributed by atoms with van der Waals surface area (Å²) in [5.74, 6) is 1.78. The van der Waals surface area contributed by atoms with Crippen LogP contribution in [0.2, 0.25) is 5.02 Å². The van der Waals surface area contributed by atoms with E-state index in [1.807, 2.05) is 63.2 Å². The van der Waals surface area contributed by atoms with Crippen LogP contribution in [-0.2, 0) is 4.79 Å².